The minimum atomic E-state index is -0.132. The number of rotatable bonds is 2. The van der Waals surface area contributed by atoms with Crippen LogP contribution in [-0.2, 0) is 0 Å². The molecule has 0 amide bonds. The molecule has 2 heteroatoms. The lowest BCUT2D eigenvalue weighted by molar-refractivity contribution is 1.01. The van der Waals surface area contributed by atoms with E-state index in [1.54, 1.807) is 0 Å². The number of nitrogens with one attached hydrogen (secondary N) is 1. The Balaban J connectivity index is 2.66. The van der Waals surface area contributed by atoms with Crippen LogP contribution in [0.3, 0.4) is 0 Å². The minimum absolute atomic E-state index is 0.132. The van der Waals surface area contributed by atoms with Gasteiger partial charge in [-0.1, -0.05) is 17.7 Å². The molecule has 0 heterocycles. The fraction of sp³-hybridized carbons (Fsp3) is 0.300. The Morgan fingerprint density at radius 1 is 1.33 bits per heavy atom. The van der Waals surface area contributed by atoms with Gasteiger partial charge in [0.15, 0.2) is 0 Å². The largest absolute Gasteiger partial charge is 0.370 e. The van der Waals surface area contributed by atoms with Crippen LogP contribution in [0.15, 0.2) is 24.3 Å². The van der Waals surface area contributed by atoms with Crippen LogP contribution in [0.2, 0.25) is 0 Å². The summed E-state index contributed by atoms with van der Waals surface area (Å²) in [6.07, 6.45) is 0. The van der Waals surface area contributed by atoms with Gasteiger partial charge in [-0.2, -0.15) is 5.26 Å². The number of anilines is 1. The summed E-state index contributed by atoms with van der Waals surface area (Å²) in [6, 6.07) is 9.98. The second-order valence-corrected chi connectivity index (χ2v) is 2.86. The summed E-state index contributed by atoms with van der Waals surface area (Å²) in [7, 11) is 0. The van der Waals surface area contributed by atoms with Crippen LogP contribution in [0.4, 0.5) is 5.69 Å². The highest BCUT2D eigenvalue weighted by Gasteiger charge is 1.97. The van der Waals surface area contributed by atoms with E-state index in [9.17, 15) is 0 Å². The van der Waals surface area contributed by atoms with Gasteiger partial charge in [-0.3, -0.25) is 0 Å². The number of hydrogen-bond acceptors (Lipinski definition) is 2. The number of aryl methyl sites for hydroxylation is 1. The highest BCUT2D eigenvalue weighted by atomic mass is 14.9. The molecule has 0 fully saturated rings. The molecule has 1 aromatic rings. The molecular formula is C10H12N2. The first-order chi connectivity index (χ1) is 5.72. The van der Waals surface area contributed by atoms with Gasteiger partial charge in [0.1, 0.15) is 6.04 Å². The van der Waals surface area contributed by atoms with E-state index in [1.165, 1.54) is 5.56 Å². The normalized spacial score (nSPS) is 11.8. The summed E-state index contributed by atoms with van der Waals surface area (Å²) in [4.78, 5) is 0. The van der Waals surface area contributed by atoms with Crippen molar-refractivity contribution in [3.8, 4) is 6.07 Å². The van der Waals surface area contributed by atoms with Crippen LogP contribution in [0, 0.1) is 18.3 Å². The van der Waals surface area contributed by atoms with Gasteiger partial charge in [0.25, 0.3) is 0 Å². The summed E-state index contributed by atoms with van der Waals surface area (Å²) in [5.41, 5.74) is 2.22. The van der Waals surface area contributed by atoms with Gasteiger partial charge >= 0.3 is 0 Å². The lowest BCUT2D eigenvalue weighted by Gasteiger charge is -2.07. The monoisotopic (exact) mass is 160 g/mol. The number of nitriles is 1. The molecule has 1 rings (SSSR count). The number of hydrogen-bond donors (Lipinski definition) is 1. The molecule has 12 heavy (non-hydrogen) atoms. The maximum absolute atomic E-state index is 8.54. The smallest absolute Gasteiger partial charge is 0.111 e. The molecule has 1 aromatic carbocycles. The van der Waals surface area contributed by atoms with Crippen molar-refractivity contribution in [2.45, 2.75) is 19.9 Å². The molecule has 0 saturated carbocycles. The Morgan fingerprint density at radius 3 is 2.42 bits per heavy atom. The fourth-order valence-corrected chi connectivity index (χ4v) is 0.932. The summed E-state index contributed by atoms with van der Waals surface area (Å²) < 4.78 is 0. The van der Waals surface area contributed by atoms with Crippen molar-refractivity contribution in [1.29, 1.82) is 5.26 Å². The van der Waals surface area contributed by atoms with Gasteiger partial charge in [0.05, 0.1) is 6.07 Å². The molecule has 1 N–H and O–H groups in total. The van der Waals surface area contributed by atoms with Crippen molar-refractivity contribution in [2.24, 2.45) is 0 Å². The minimum Gasteiger partial charge on any atom is -0.370 e. The fourth-order valence-electron chi connectivity index (χ4n) is 0.932. The molecule has 62 valence electrons. The van der Waals surface area contributed by atoms with E-state index in [4.69, 9.17) is 5.26 Å². The van der Waals surface area contributed by atoms with Crippen molar-refractivity contribution in [3.63, 3.8) is 0 Å². The second kappa shape index (κ2) is 3.77. The van der Waals surface area contributed by atoms with Crippen LogP contribution < -0.4 is 5.32 Å². The Labute approximate surface area is 72.8 Å². The third kappa shape index (κ3) is 2.28. The molecular weight excluding hydrogens is 148 g/mol. The van der Waals surface area contributed by atoms with Gasteiger partial charge in [-0.05, 0) is 26.0 Å². The van der Waals surface area contributed by atoms with Gasteiger partial charge in [-0.15, -0.1) is 0 Å². The van der Waals surface area contributed by atoms with Gasteiger partial charge < -0.3 is 5.32 Å². The molecule has 0 bridgehead atoms. The molecule has 1 atom stereocenters. The molecule has 0 aliphatic carbocycles. The zero-order valence-corrected chi connectivity index (χ0v) is 7.33. The van der Waals surface area contributed by atoms with E-state index >= 15 is 0 Å². The summed E-state index contributed by atoms with van der Waals surface area (Å²) in [5, 5.41) is 11.6. The zero-order valence-electron chi connectivity index (χ0n) is 7.33. The van der Waals surface area contributed by atoms with Gasteiger partial charge in [-0.25, -0.2) is 0 Å². The van der Waals surface area contributed by atoms with Crippen LogP contribution >= 0.6 is 0 Å². The average molecular weight is 160 g/mol. The molecule has 1 unspecified atom stereocenters. The van der Waals surface area contributed by atoms with Gasteiger partial charge in [0.2, 0.25) is 0 Å². The van der Waals surface area contributed by atoms with Crippen molar-refractivity contribution >= 4 is 5.69 Å². The lowest BCUT2D eigenvalue weighted by Crippen LogP contribution is -2.11. The topological polar surface area (TPSA) is 35.8 Å². The predicted octanol–water partition coefficient (Wildman–Crippen LogP) is 2.32. The maximum atomic E-state index is 8.54. The predicted molar refractivity (Wildman–Crippen MR) is 49.9 cm³/mol. The summed E-state index contributed by atoms with van der Waals surface area (Å²) in [6.45, 7) is 3.87. The highest BCUT2D eigenvalue weighted by molar-refractivity contribution is 5.46. The molecule has 0 saturated heterocycles. The van der Waals surface area contributed by atoms with Crippen molar-refractivity contribution in [2.75, 3.05) is 5.32 Å². The Hall–Kier alpha value is -1.49. The van der Waals surface area contributed by atoms with Crippen molar-refractivity contribution < 1.29 is 0 Å². The van der Waals surface area contributed by atoms with E-state index < -0.39 is 0 Å². The quantitative estimate of drug-likeness (QED) is 0.720. The average Bonchev–Trinajstić information content (AvgIpc) is 2.09. The van der Waals surface area contributed by atoms with E-state index in [-0.39, 0.29) is 6.04 Å². The van der Waals surface area contributed by atoms with Crippen LogP contribution in [0.5, 0.6) is 0 Å². The molecule has 0 radical (unpaired) electrons. The van der Waals surface area contributed by atoms with E-state index in [2.05, 4.69) is 11.4 Å². The third-order valence-electron chi connectivity index (χ3n) is 1.63. The first-order valence-corrected chi connectivity index (χ1v) is 3.95. The van der Waals surface area contributed by atoms with Crippen molar-refractivity contribution in [1.82, 2.24) is 0 Å². The zero-order chi connectivity index (χ0) is 8.97. The molecule has 0 aliphatic rings. The van der Waals surface area contributed by atoms with Crippen LogP contribution in [-0.4, -0.2) is 6.04 Å². The van der Waals surface area contributed by atoms with E-state index in [1.807, 2.05) is 38.1 Å². The summed E-state index contributed by atoms with van der Waals surface area (Å²) in [5.74, 6) is 0. The van der Waals surface area contributed by atoms with Gasteiger partial charge in [0, 0.05) is 5.69 Å². The number of benzene rings is 1. The Bertz CT molecular complexity index is 282. The van der Waals surface area contributed by atoms with Crippen molar-refractivity contribution in [3.05, 3.63) is 29.8 Å². The second-order valence-electron chi connectivity index (χ2n) is 2.86. The van der Waals surface area contributed by atoms with Crippen LogP contribution in [0.25, 0.3) is 0 Å². The Kier molecular flexibility index (Phi) is 2.71. The molecule has 0 aliphatic heterocycles. The first kappa shape index (κ1) is 8.61. The highest BCUT2D eigenvalue weighted by Crippen LogP contribution is 2.09. The number of nitrogens with zero attached hydrogens (tertiary/aromatic N) is 1. The standard InChI is InChI=1S/C10H12N2/c1-8-3-5-10(6-4-8)12-9(2)7-11/h3-6,9,12H,1-2H3. The Morgan fingerprint density at radius 2 is 1.92 bits per heavy atom. The summed E-state index contributed by atoms with van der Waals surface area (Å²) >= 11 is 0. The molecule has 2 nitrogen and oxygen atoms in total. The third-order valence-corrected chi connectivity index (χ3v) is 1.63. The first-order valence-electron chi connectivity index (χ1n) is 3.95. The van der Waals surface area contributed by atoms with E-state index in [0.29, 0.717) is 0 Å². The van der Waals surface area contributed by atoms with E-state index in [0.717, 1.165) is 5.69 Å². The molecule has 0 aromatic heterocycles. The molecule has 0 spiro atoms. The lowest BCUT2D eigenvalue weighted by atomic mass is 10.2. The maximum Gasteiger partial charge on any atom is 0.111 e. The SMILES string of the molecule is Cc1ccc(NC(C)C#N)cc1. The van der Waals surface area contributed by atoms with Crippen LogP contribution in [0.1, 0.15) is 12.5 Å².